The van der Waals surface area contributed by atoms with E-state index in [1.807, 2.05) is 4.90 Å². The number of hydrogen-bond donors (Lipinski definition) is 1. The summed E-state index contributed by atoms with van der Waals surface area (Å²) in [5.41, 5.74) is -0.195. The molecule has 2 saturated heterocycles. The van der Waals surface area contributed by atoms with Gasteiger partial charge in [0.25, 0.3) is 5.91 Å². The van der Waals surface area contributed by atoms with E-state index in [1.165, 1.54) is 11.0 Å². The van der Waals surface area contributed by atoms with Gasteiger partial charge in [-0.3, -0.25) is 19.4 Å². The van der Waals surface area contributed by atoms with Crippen LogP contribution in [0.5, 0.6) is 11.6 Å². The lowest BCUT2D eigenvalue weighted by Gasteiger charge is -2.26. The predicted octanol–water partition coefficient (Wildman–Crippen LogP) is 2.65. The van der Waals surface area contributed by atoms with Crippen LogP contribution in [-0.4, -0.2) is 63.9 Å². The number of fused-ring (bicyclic) bond motifs is 2. The number of halogens is 3. The molecule has 2 aliphatic heterocycles. The van der Waals surface area contributed by atoms with E-state index in [2.05, 4.69) is 15.3 Å². The summed E-state index contributed by atoms with van der Waals surface area (Å²) >= 11 is 0. The minimum atomic E-state index is -4.47. The number of nitrogens with one attached hydrogen (secondary N) is 1. The lowest BCUT2D eigenvalue weighted by Crippen LogP contribution is -2.50. The fourth-order valence-corrected chi connectivity index (χ4v) is 3.91. The minimum absolute atomic E-state index is 0.0145. The maximum absolute atomic E-state index is 12.9. The van der Waals surface area contributed by atoms with E-state index in [4.69, 9.17) is 4.74 Å². The van der Waals surface area contributed by atoms with Crippen molar-refractivity contribution >= 4 is 22.7 Å². The molecule has 8 nitrogen and oxygen atoms in total. The van der Waals surface area contributed by atoms with Crippen molar-refractivity contribution in [1.29, 1.82) is 0 Å². The summed E-state index contributed by atoms with van der Waals surface area (Å²) in [6, 6.07) is 9.77. The van der Waals surface area contributed by atoms with Crippen LogP contribution in [0.2, 0.25) is 0 Å². The van der Waals surface area contributed by atoms with Crippen molar-refractivity contribution < 1.29 is 27.5 Å². The molecule has 11 heteroatoms. The van der Waals surface area contributed by atoms with E-state index in [0.717, 1.165) is 18.7 Å². The zero-order valence-electron chi connectivity index (χ0n) is 17.2. The monoisotopic (exact) mass is 457 g/mol. The Morgan fingerprint density at radius 1 is 1.15 bits per heavy atom. The summed E-state index contributed by atoms with van der Waals surface area (Å²) in [6.45, 7) is 2.23. The van der Waals surface area contributed by atoms with Crippen LogP contribution in [0.4, 0.5) is 13.2 Å². The summed E-state index contributed by atoms with van der Waals surface area (Å²) < 4.78 is 43.6. The fourth-order valence-electron chi connectivity index (χ4n) is 3.91. The highest BCUT2D eigenvalue weighted by molar-refractivity contribution is 6.07. The summed E-state index contributed by atoms with van der Waals surface area (Å²) in [6.07, 6.45) is -3.76. The Morgan fingerprint density at radius 2 is 2.00 bits per heavy atom. The number of imide groups is 1. The molecular weight excluding hydrogens is 439 g/mol. The van der Waals surface area contributed by atoms with Crippen molar-refractivity contribution in [1.82, 2.24) is 25.1 Å². The molecule has 3 aromatic rings. The number of piperazine rings is 1. The van der Waals surface area contributed by atoms with Crippen LogP contribution in [0.15, 0.2) is 48.7 Å². The molecule has 0 bridgehead atoms. The zero-order valence-corrected chi connectivity index (χ0v) is 17.2. The maximum atomic E-state index is 12.9. The van der Waals surface area contributed by atoms with Gasteiger partial charge in [-0.1, -0.05) is 6.07 Å². The van der Waals surface area contributed by atoms with Crippen molar-refractivity contribution in [3.05, 3.63) is 59.9 Å². The summed E-state index contributed by atoms with van der Waals surface area (Å²) in [5.74, 6) is -0.317. The molecule has 2 aliphatic rings. The number of rotatable bonds is 3. The first kappa shape index (κ1) is 21.3. The second kappa shape index (κ2) is 8.09. The average Bonchev–Trinajstić information content (AvgIpc) is 3.14. The highest BCUT2D eigenvalue weighted by Gasteiger charge is 2.42. The van der Waals surface area contributed by atoms with Gasteiger partial charge in [-0.15, -0.1) is 0 Å². The average molecular weight is 457 g/mol. The van der Waals surface area contributed by atoms with Gasteiger partial charge in [0.15, 0.2) is 0 Å². The van der Waals surface area contributed by atoms with Crippen molar-refractivity contribution in [3.8, 4) is 11.6 Å². The predicted molar refractivity (Wildman–Crippen MR) is 110 cm³/mol. The Balaban J connectivity index is 1.33. The second-order valence-electron chi connectivity index (χ2n) is 7.78. The van der Waals surface area contributed by atoms with Crippen LogP contribution >= 0.6 is 0 Å². The van der Waals surface area contributed by atoms with Crippen LogP contribution in [-0.2, 0) is 11.0 Å². The van der Waals surface area contributed by atoms with Crippen LogP contribution in [0.25, 0.3) is 10.9 Å². The SMILES string of the molecule is O=C(c1ccc2cc(Oc3ccc(C(F)(F)F)cn3)ccc2n1)N1CN2CCNCC2C1=O. The van der Waals surface area contributed by atoms with E-state index in [1.54, 1.807) is 24.3 Å². The van der Waals surface area contributed by atoms with Crippen LogP contribution in [0.3, 0.4) is 0 Å². The highest BCUT2D eigenvalue weighted by Crippen LogP contribution is 2.30. The van der Waals surface area contributed by atoms with Gasteiger partial charge in [0.1, 0.15) is 17.5 Å². The van der Waals surface area contributed by atoms with Crippen LogP contribution < -0.4 is 10.1 Å². The third-order valence-corrected chi connectivity index (χ3v) is 5.64. The topological polar surface area (TPSA) is 87.7 Å². The third-order valence-electron chi connectivity index (χ3n) is 5.64. The van der Waals surface area contributed by atoms with E-state index in [-0.39, 0.29) is 30.2 Å². The number of ether oxygens (including phenoxy) is 1. The quantitative estimate of drug-likeness (QED) is 0.605. The molecule has 0 saturated carbocycles. The van der Waals surface area contributed by atoms with E-state index < -0.39 is 17.6 Å². The van der Waals surface area contributed by atoms with Gasteiger partial charge < -0.3 is 10.1 Å². The normalized spacial score (nSPS) is 19.1. The molecule has 0 aliphatic carbocycles. The van der Waals surface area contributed by atoms with Gasteiger partial charge in [0.05, 0.1) is 17.7 Å². The first-order chi connectivity index (χ1) is 15.8. The number of hydrogen-bond acceptors (Lipinski definition) is 7. The molecule has 0 spiro atoms. The number of alkyl halides is 3. The van der Waals surface area contributed by atoms with E-state index in [0.29, 0.717) is 35.9 Å². The Morgan fingerprint density at radius 3 is 2.73 bits per heavy atom. The standard InChI is InChI=1S/C22H18F3N5O3/c23-22(24,25)14-2-6-19(27-10-14)33-15-3-5-16-13(9-15)1-4-17(28-16)20(31)30-12-29-8-7-26-11-18(29)21(30)32/h1-6,9-10,18,26H,7-8,11-12H2. The van der Waals surface area contributed by atoms with Gasteiger partial charge >= 0.3 is 6.18 Å². The molecule has 1 atom stereocenters. The van der Waals surface area contributed by atoms with E-state index >= 15 is 0 Å². The molecule has 4 heterocycles. The number of amides is 2. The first-order valence-electron chi connectivity index (χ1n) is 10.2. The number of benzene rings is 1. The van der Waals surface area contributed by atoms with E-state index in [9.17, 15) is 22.8 Å². The molecule has 2 amide bonds. The number of aromatic nitrogens is 2. The molecule has 2 fully saturated rings. The molecule has 1 aromatic carbocycles. The molecular formula is C22H18F3N5O3. The molecule has 1 unspecified atom stereocenters. The smallest absolute Gasteiger partial charge is 0.417 e. The molecule has 2 aromatic heterocycles. The Bertz CT molecular complexity index is 1230. The lowest BCUT2D eigenvalue weighted by atomic mass is 10.2. The van der Waals surface area contributed by atoms with Crippen LogP contribution in [0.1, 0.15) is 16.1 Å². The Hall–Kier alpha value is -3.57. The molecule has 170 valence electrons. The van der Waals surface area contributed by atoms with Crippen molar-refractivity contribution in [3.63, 3.8) is 0 Å². The number of carbonyl (C=O) groups excluding carboxylic acids is 2. The highest BCUT2D eigenvalue weighted by atomic mass is 19.4. The van der Waals surface area contributed by atoms with Gasteiger partial charge in [0, 0.05) is 37.3 Å². The summed E-state index contributed by atoms with van der Waals surface area (Å²) in [4.78, 5) is 36.8. The summed E-state index contributed by atoms with van der Waals surface area (Å²) in [7, 11) is 0. The molecule has 0 radical (unpaired) electrons. The fraction of sp³-hybridized carbons (Fsp3) is 0.273. The largest absolute Gasteiger partial charge is 0.439 e. The zero-order chi connectivity index (χ0) is 23.2. The number of carbonyl (C=O) groups is 2. The summed E-state index contributed by atoms with van der Waals surface area (Å²) in [5, 5.41) is 3.82. The van der Waals surface area contributed by atoms with Crippen molar-refractivity contribution in [2.75, 3.05) is 26.3 Å². The Labute approximate surface area is 186 Å². The number of pyridine rings is 2. The second-order valence-corrected chi connectivity index (χ2v) is 7.78. The maximum Gasteiger partial charge on any atom is 0.417 e. The van der Waals surface area contributed by atoms with Gasteiger partial charge in [-0.25, -0.2) is 9.97 Å². The molecule has 1 N–H and O–H groups in total. The molecule has 5 rings (SSSR count). The lowest BCUT2D eigenvalue weighted by molar-refractivity contribution is -0.137. The number of nitrogens with zero attached hydrogens (tertiary/aromatic N) is 4. The first-order valence-corrected chi connectivity index (χ1v) is 10.2. The third kappa shape index (κ3) is 4.12. The Kier molecular flexibility index (Phi) is 5.22. The van der Waals surface area contributed by atoms with Crippen molar-refractivity contribution in [2.45, 2.75) is 12.2 Å². The van der Waals surface area contributed by atoms with Crippen molar-refractivity contribution in [2.24, 2.45) is 0 Å². The minimum Gasteiger partial charge on any atom is -0.439 e. The van der Waals surface area contributed by atoms with Gasteiger partial charge in [-0.2, -0.15) is 13.2 Å². The molecule has 33 heavy (non-hydrogen) atoms. The van der Waals surface area contributed by atoms with Gasteiger partial charge in [-0.05, 0) is 30.3 Å². The van der Waals surface area contributed by atoms with Crippen LogP contribution in [0, 0.1) is 0 Å². The van der Waals surface area contributed by atoms with Gasteiger partial charge in [0.2, 0.25) is 11.8 Å².